The number of anilines is 1. The van der Waals surface area contributed by atoms with Crippen LogP contribution in [0.2, 0.25) is 0 Å². The SMILES string of the molecule is COC(=O)[C@@H]1C(=O)C=C(Nc2ccon2)C[C@H]1C. The molecule has 0 unspecified atom stereocenters. The first-order chi connectivity index (χ1) is 8.61. The minimum Gasteiger partial charge on any atom is -0.468 e. The van der Waals surface area contributed by atoms with Crippen LogP contribution in [0, 0.1) is 11.8 Å². The fraction of sp³-hybridized carbons (Fsp3) is 0.417. The first kappa shape index (κ1) is 12.3. The van der Waals surface area contributed by atoms with Gasteiger partial charge in [0.25, 0.3) is 0 Å². The average molecular weight is 250 g/mol. The fourth-order valence-electron chi connectivity index (χ4n) is 2.07. The number of ether oxygens (including phenoxy) is 1. The molecule has 1 aliphatic rings. The van der Waals surface area contributed by atoms with Crippen molar-refractivity contribution in [3.05, 3.63) is 24.1 Å². The van der Waals surface area contributed by atoms with Gasteiger partial charge in [-0.2, -0.15) is 0 Å². The number of carbonyl (C=O) groups is 2. The number of allylic oxidation sites excluding steroid dienone is 2. The van der Waals surface area contributed by atoms with Gasteiger partial charge in [-0.15, -0.1) is 0 Å². The third kappa shape index (κ3) is 2.42. The number of hydrogen-bond donors (Lipinski definition) is 1. The monoisotopic (exact) mass is 250 g/mol. The standard InChI is InChI=1S/C12H14N2O4/c1-7-5-8(13-10-3-4-18-14-10)6-9(15)11(7)12(16)17-2/h3-4,6-7,11H,5H2,1-2H3,(H,13,14)/t7-,11+/m1/s1. The second-order valence-corrected chi connectivity index (χ2v) is 4.26. The van der Waals surface area contributed by atoms with E-state index in [1.54, 1.807) is 6.07 Å². The zero-order valence-electron chi connectivity index (χ0n) is 10.2. The first-order valence-corrected chi connectivity index (χ1v) is 5.61. The number of carbonyl (C=O) groups excluding carboxylic acids is 2. The van der Waals surface area contributed by atoms with Gasteiger partial charge in [0.1, 0.15) is 12.2 Å². The second-order valence-electron chi connectivity index (χ2n) is 4.26. The van der Waals surface area contributed by atoms with Crippen molar-refractivity contribution in [1.29, 1.82) is 0 Å². The zero-order chi connectivity index (χ0) is 13.1. The molecular weight excluding hydrogens is 236 g/mol. The van der Waals surface area contributed by atoms with E-state index in [1.807, 2.05) is 6.92 Å². The lowest BCUT2D eigenvalue weighted by Gasteiger charge is -2.25. The molecule has 6 nitrogen and oxygen atoms in total. The van der Waals surface area contributed by atoms with Gasteiger partial charge in [0.05, 0.1) is 7.11 Å². The van der Waals surface area contributed by atoms with Crippen LogP contribution in [0.4, 0.5) is 5.82 Å². The van der Waals surface area contributed by atoms with Crippen LogP contribution >= 0.6 is 0 Å². The molecule has 1 aromatic rings. The Balaban J connectivity index is 2.13. The molecule has 96 valence electrons. The molecular formula is C12H14N2O4. The number of ketones is 1. The van der Waals surface area contributed by atoms with E-state index in [4.69, 9.17) is 0 Å². The average Bonchev–Trinajstić information content (AvgIpc) is 2.80. The summed E-state index contributed by atoms with van der Waals surface area (Å²) in [4.78, 5) is 23.4. The molecule has 0 aliphatic heterocycles. The van der Waals surface area contributed by atoms with Crippen LogP contribution in [0.3, 0.4) is 0 Å². The van der Waals surface area contributed by atoms with Crippen LogP contribution in [0.1, 0.15) is 13.3 Å². The van der Waals surface area contributed by atoms with Crippen molar-refractivity contribution in [2.75, 3.05) is 12.4 Å². The fourth-order valence-corrected chi connectivity index (χ4v) is 2.07. The van der Waals surface area contributed by atoms with Gasteiger partial charge >= 0.3 is 5.97 Å². The Bertz CT molecular complexity index is 478. The molecule has 0 aromatic carbocycles. The van der Waals surface area contributed by atoms with E-state index in [0.29, 0.717) is 12.2 Å². The number of nitrogens with zero attached hydrogens (tertiary/aromatic N) is 1. The van der Waals surface area contributed by atoms with Crippen molar-refractivity contribution in [2.24, 2.45) is 11.8 Å². The molecule has 1 N–H and O–H groups in total. The van der Waals surface area contributed by atoms with E-state index in [-0.39, 0.29) is 11.7 Å². The van der Waals surface area contributed by atoms with Crippen LogP contribution in [0.5, 0.6) is 0 Å². The van der Waals surface area contributed by atoms with Gasteiger partial charge < -0.3 is 14.6 Å². The van der Waals surface area contributed by atoms with Crippen LogP contribution < -0.4 is 5.32 Å². The molecule has 1 aromatic heterocycles. The summed E-state index contributed by atoms with van der Waals surface area (Å²) >= 11 is 0. The van der Waals surface area contributed by atoms with Gasteiger partial charge in [-0.25, -0.2) is 0 Å². The first-order valence-electron chi connectivity index (χ1n) is 5.61. The quantitative estimate of drug-likeness (QED) is 0.644. The molecule has 1 heterocycles. The number of hydrogen-bond acceptors (Lipinski definition) is 6. The van der Waals surface area contributed by atoms with Crippen LogP contribution in [0.15, 0.2) is 28.6 Å². The van der Waals surface area contributed by atoms with Gasteiger partial charge in [-0.1, -0.05) is 12.1 Å². The molecule has 2 atom stereocenters. The molecule has 0 saturated carbocycles. The minimum atomic E-state index is -0.710. The van der Waals surface area contributed by atoms with Gasteiger partial charge in [0, 0.05) is 17.8 Å². The number of aromatic nitrogens is 1. The number of esters is 1. The van der Waals surface area contributed by atoms with Crippen molar-refractivity contribution in [3.63, 3.8) is 0 Å². The third-order valence-electron chi connectivity index (χ3n) is 2.92. The predicted octanol–water partition coefficient (Wildman–Crippen LogP) is 1.37. The van der Waals surface area contributed by atoms with Gasteiger partial charge in [0.15, 0.2) is 11.6 Å². The number of rotatable bonds is 3. The maximum absolute atomic E-state index is 11.9. The Kier molecular flexibility index (Phi) is 3.45. The lowest BCUT2D eigenvalue weighted by atomic mass is 9.82. The lowest BCUT2D eigenvalue weighted by molar-refractivity contribution is -0.150. The molecule has 0 fully saturated rings. The van der Waals surface area contributed by atoms with Crippen LogP contribution in [-0.4, -0.2) is 24.0 Å². The van der Waals surface area contributed by atoms with Gasteiger partial charge in [0.2, 0.25) is 0 Å². The van der Waals surface area contributed by atoms with Gasteiger partial charge in [-0.05, 0) is 12.3 Å². The molecule has 0 bridgehead atoms. The number of methoxy groups -OCH3 is 1. The van der Waals surface area contributed by atoms with Crippen molar-refractivity contribution in [2.45, 2.75) is 13.3 Å². The van der Waals surface area contributed by atoms with Crippen molar-refractivity contribution in [3.8, 4) is 0 Å². The van der Waals surface area contributed by atoms with Crippen LogP contribution in [-0.2, 0) is 14.3 Å². The second kappa shape index (κ2) is 5.03. The van der Waals surface area contributed by atoms with E-state index >= 15 is 0 Å². The highest BCUT2D eigenvalue weighted by Crippen LogP contribution is 2.28. The molecule has 6 heteroatoms. The topological polar surface area (TPSA) is 81.4 Å². The summed E-state index contributed by atoms with van der Waals surface area (Å²) in [5.74, 6) is -1.00. The highest BCUT2D eigenvalue weighted by atomic mass is 16.5. The normalized spacial score (nSPS) is 23.4. The highest BCUT2D eigenvalue weighted by molar-refractivity contribution is 6.06. The molecule has 0 spiro atoms. The molecule has 0 amide bonds. The summed E-state index contributed by atoms with van der Waals surface area (Å²) in [6.45, 7) is 1.84. The Labute approximate surface area is 104 Å². The Hall–Kier alpha value is -2.11. The minimum absolute atomic E-state index is 0.107. The maximum atomic E-state index is 11.9. The van der Waals surface area contributed by atoms with Crippen molar-refractivity contribution < 1.29 is 18.8 Å². The van der Waals surface area contributed by atoms with E-state index in [1.165, 1.54) is 19.4 Å². The maximum Gasteiger partial charge on any atom is 0.316 e. The van der Waals surface area contributed by atoms with E-state index in [2.05, 4.69) is 19.7 Å². The number of nitrogens with one attached hydrogen (secondary N) is 1. The summed E-state index contributed by atoms with van der Waals surface area (Å²) in [5, 5.41) is 6.68. The van der Waals surface area contributed by atoms with Crippen molar-refractivity contribution >= 4 is 17.6 Å². The molecule has 1 aliphatic carbocycles. The Morgan fingerprint density at radius 2 is 2.39 bits per heavy atom. The zero-order valence-corrected chi connectivity index (χ0v) is 10.2. The predicted molar refractivity (Wildman–Crippen MR) is 62.5 cm³/mol. The van der Waals surface area contributed by atoms with E-state index in [9.17, 15) is 9.59 Å². The lowest BCUT2D eigenvalue weighted by Crippen LogP contribution is -2.34. The van der Waals surface area contributed by atoms with E-state index in [0.717, 1.165) is 5.70 Å². The smallest absolute Gasteiger partial charge is 0.316 e. The van der Waals surface area contributed by atoms with Crippen LogP contribution in [0.25, 0.3) is 0 Å². The summed E-state index contributed by atoms with van der Waals surface area (Å²) in [7, 11) is 1.29. The van der Waals surface area contributed by atoms with Gasteiger partial charge in [-0.3, -0.25) is 9.59 Å². The van der Waals surface area contributed by atoms with E-state index < -0.39 is 11.9 Å². The largest absolute Gasteiger partial charge is 0.468 e. The molecule has 18 heavy (non-hydrogen) atoms. The summed E-state index contributed by atoms with van der Waals surface area (Å²) in [6, 6.07) is 1.66. The molecule has 0 saturated heterocycles. The Morgan fingerprint density at radius 1 is 1.61 bits per heavy atom. The summed E-state index contributed by atoms with van der Waals surface area (Å²) in [6.07, 6.45) is 3.45. The molecule has 0 radical (unpaired) electrons. The third-order valence-corrected chi connectivity index (χ3v) is 2.92. The van der Waals surface area contributed by atoms with Crippen molar-refractivity contribution in [1.82, 2.24) is 5.16 Å². The Morgan fingerprint density at radius 3 is 2.94 bits per heavy atom. The molecule has 2 rings (SSSR count). The summed E-state index contributed by atoms with van der Waals surface area (Å²) in [5.41, 5.74) is 0.724. The highest BCUT2D eigenvalue weighted by Gasteiger charge is 2.35. The summed E-state index contributed by atoms with van der Waals surface area (Å²) < 4.78 is 9.32.